The van der Waals surface area contributed by atoms with Crippen molar-refractivity contribution in [2.75, 3.05) is 40.4 Å². The minimum absolute atomic E-state index is 0.344. The van der Waals surface area contributed by atoms with Crippen molar-refractivity contribution in [3.8, 4) is 0 Å². The fraction of sp³-hybridized carbons (Fsp3) is 0.529. The van der Waals surface area contributed by atoms with E-state index < -0.39 is 0 Å². The van der Waals surface area contributed by atoms with Gasteiger partial charge in [-0.3, -0.25) is 0 Å². The topological polar surface area (TPSA) is 40.4 Å². The molecule has 0 atom stereocenters. The summed E-state index contributed by atoms with van der Waals surface area (Å²) in [6, 6.07) is 9.99. The van der Waals surface area contributed by atoms with Crippen molar-refractivity contribution in [3.63, 3.8) is 0 Å². The Kier molecular flexibility index (Phi) is 5.95. The van der Waals surface area contributed by atoms with Gasteiger partial charge in [0.25, 0.3) is 0 Å². The van der Waals surface area contributed by atoms with Crippen LogP contribution < -0.4 is 0 Å². The summed E-state index contributed by atoms with van der Waals surface area (Å²) >= 11 is 0. The summed E-state index contributed by atoms with van der Waals surface area (Å²) in [6.07, 6.45) is 0. The Hall–Kier alpha value is -1.88. The van der Waals surface area contributed by atoms with E-state index in [1.54, 1.807) is 0 Å². The van der Waals surface area contributed by atoms with E-state index >= 15 is 0 Å². The van der Waals surface area contributed by atoms with Crippen LogP contribution in [0.5, 0.6) is 0 Å². The first-order chi connectivity index (χ1) is 10.6. The molecule has 1 aliphatic rings. The number of ether oxygens (including phenoxy) is 1. The van der Waals surface area contributed by atoms with E-state index in [4.69, 9.17) is 14.7 Å². The van der Waals surface area contributed by atoms with Crippen molar-refractivity contribution < 1.29 is 4.74 Å². The molecule has 0 bridgehead atoms. The van der Waals surface area contributed by atoms with Crippen LogP contribution in [0.25, 0.3) is 0 Å². The van der Waals surface area contributed by atoms with Gasteiger partial charge in [-0.15, -0.1) is 0 Å². The third-order valence-corrected chi connectivity index (χ3v) is 3.47. The molecule has 1 aromatic rings. The van der Waals surface area contributed by atoms with Crippen molar-refractivity contribution >= 4 is 17.5 Å². The average Bonchev–Trinajstić information content (AvgIpc) is 2.52. The molecule has 22 heavy (non-hydrogen) atoms. The number of aliphatic imine (C=N–C) groups is 2. The highest BCUT2D eigenvalue weighted by Gasteiger charge is 2.17. The second-order valence-corrected chi connectivity index (χ2v) is 5.87. The zero-order chi connectivity index (χ0) is 15.9. The molecule has 120 valence electrons. The van der Waals surface area contributed by atoms with Gasteiger partial charge in [-0.25, -0.2) is 4.99 Å². The van der Waals surface area contributed by atoms with Crippen LogP contribution in [0.3, 0.4) is 0 Å². The number of amidine groups is 1. The van der Waals surface area contributed by atoms with Gasteiger partial charge in [-0.05, 0) is 12.1 Å². The second-order valence-electron chi connectivity index (χ2n) is 5.87. The maximum atomic E-state index is 5.44. The van der Waals surface area contributed by atoms with Crippen molar-refractivity contribution in [1.82, 2.24) is 9.80 Å². The highest BCUT2D eigenvalue weighted by atomic mass is 16.5. The molecule has 0 saturated carbocycles. The van der Waals surface area contributed by atoms with Crippen LogP contribution in [0.1, 0.15) is 13.8 Å². The van der Waals surface area contributed by atoms with Gasteiger partial charge in [-0.2, -0.15) is 4.99 Å². The molecule has 1 heterocycles. The normalized spacial score (nSPS) is 17.0. The SMILES string of the molecule is CC(C)/C(=N/C(=Nc1ccccc1)N1CCOCC1)N(C)C. The summed E-state index contributed by atoms with van der Waals surface area (Å²) < 4.78 is 5.44. The predicted octanol–water partition coefficient (Wildman–Crippen LogP) is 2.62. The van der Waals surface area contributed by atoms with Crippen molar-refractivity contribution in [2.24, 2.45) is 15.9 Å². The molecule has 0 amide bonds. The molecular formula is C17H26N4O. The highest BCUT2D eigenvalue weighted by molar-refractivity contribution is 5.97. The van der Waals surface area contributed by atoms with Crippen LogP contribution in [-0.2, 0) is 4.74 Å². The summed E-state index contributed by atoms with van der Waals surface area (Å²) in [5.41, 5.74) is 0.926. The Bertz CT molecular complexity index is 507. The molecule has 1 fully saturated rings. The molecule has 1 aromatic carbocycles. The lowest BCUT2D eigenvalue weighted by Gasteiger charge is -2.29. The second kappa shape index (κ2) is 7.94. The van der Waals surface area contributed by atoms with E-state index in [1.807, 2.05) is 44.4 Å². The average molecular weight is 302 g/mol. The van der Waals surface area contributed by atoms with Gasteiger partial charge >= 0.3 is 0 Å². The molecule has 0 unspecified atom stereocenters. The summed E-state index contributed by atoms with van der Waals surface area (Å²) in [4.78, 5) is 13.9. The monoisotopic (exact) mass is 302 g/mol. The smallest absolute Gasteiger partial charge is 0.227 e. The van der Waals surface area contributed by atoms with Crippen LogP contribution in [0.15, 0.2) is 40.3 Å². The van der Waals surface area contributed by atoms with Gasteiger partial charge in [0, 0.05) is 33.1 Å². The highest BCUT2D eigenvalue weighted by Crippen LogP contribution is 2.14. The third-order valence-electron chi connectivity index (χ3n) is 3.47. The maximum absolute atomic E-state index is 5.44. The Morgan fingerprint density at radius 2 is 1.77 bits per heavy atom. The van der Waals surface area contributed by atoms with Crippen molar-refractivity contribution in [1.29, 1.82) is 0 Å². The fourth-order valence-corrected chi connectivity index (χ4v) is 2.40. The molecule has 0 spiro atoms. The number of rotatable bonds is 2. The standard InChI is InChI=1S/C17H26N4O/c1-14(2)16(20(3)4)19-17(21-10-12-22-13-11-21)18-15-8-6-5-7-9-15/h5-9,14H,10-13H2,1-4H3/b18-17?,19-16-. The first-order valence-corrected chi connectivity index (χ1v) is 7.80. The Balaban J connectivity index is 2.36. The van der Waals surface area contributed by atoms with Crippen LogP contribution in [-0.4, -0.2) is 62.0 Å². The number of benzene rings is 1. The molecule has 5 heteroatoms. The zero-order valence-corrected chi connectivity index (χ0v) is 14.0. The molecule has 5 nitrogen and oxygen atoms in total. The Morgan fingerprint density at radius 3 is 2.32 bits per heavy atom. The number of guanidine groups is 1. The Labute approximate surface area is 133 Å². The minimum atomic E-state index is 0.344. The molecule has 1 saturated heterocycles. The lowest BCUT2D eigenvalue weighted by molar-refractivity contribution is 0.0676. The molecule has 0 N–H and O–H groups in total. The summed E-state index contributed by atoms with van der Waals surface area (Å²) in [5.74, 6) is 2.14. The van der Waals surface area contributed by atoms with E-state index in [0.29, 0.717) is 5.92 Å². The zero-order valence-electron chi connectivity index (χ0n) is 14.0. The first kappa shape index (κ1) is 16.5. The van der Waals surface area contributed by atoms with Crippen LogP contribution in [0, 0.1) is 5.92 Å². The number of para-hydroxylation sites is 1. The summed E-state index contributed by atoms with van der Waals surface area (Å²) in [6.45, 7) is 7.41. The lowest BCUT2D eigenvalue weighted by atomic mass is 10.2. The van der Waals surface area contributed by atoms with Gasteiger partial charge in [-0.1, -0.05) is 32.0 Å². The first-order valence-electron chi connectivity index (χ1n) is 7.80. The third kappa shape index (κ3) is 4.56. The van der Waals surface area contributed by atoms with Gasteiger partial charge in [0.15, 0.2) is 0 Å². The van der Waals surface area contributed by atoms with Crippen LogP contribution in [0.4, 0.5) is 5.69 Å². The van der Waals surface area contributed by atoms with Gasteiger partial charge in [0.2, 0.25) is 5.96 Å². The van der Waals surface area contributed by atoms with E-state index in [0.717, 1.165) is 43.8 Å². The van der Waals surface area contributed by atoms with Crippen molar-refractivity contribution in [2.45, 2.75) is 13.8 Å². The van der Waals surface area contributed by atoms with Crippen LogP contribution in [0.2, 0.25) is 0 Å². The largest absolute Gasteiger partial charge is 0.378 e. The minimum Gasteiger partial charge on any atom is -0.378 e. The lowest BCUT2D eigenvalue weighted by Crippen LogP contribution is -2.41. The number of hydrogen-bond donors (Lipinski definition) is 0. The van der Waals surface area contributed by atoms with Gasteiger partial charge < -0.3 is 14.5 Å². The molecule has 1 aliphatic heterocycles. The molecule has 2 rings (SSSR count). The van der Waals surface area contributed by atoms with Crippen molar-refractivity contribution in [3.05, 3.63) is 30.3 Å². The van der Waals surface area contributed by atoms with E-state index in [9.17, 15) is 0 Å². The number of morpholine rings is 1. The molecule has 0 aliphatic carbocycles. The summed E-state index contributed by atoms with van der Waals surface area (Å²) in [5, 5.41) is 0. The number of nitrogens with zero attached hydrogens (tertiary/aromatic N) is 4. The van der Waals surface area contributed by atoms with E-state index in [2.05, 4.69) is 23.6 Å². The quantitative estimate of drug-likeness (QED) is 0.623. The molecular weight excluding hydrogens is 276 g/mol. The van der Waals surface area contributed by atoms with E-state index in [-0.39, 0.29) is 0 Å². The molecule has 0 aromatic heterocycles. The van der Waals surface area contributed by atoms with Crippen LogP contribution >= 0.6 is 0 Å². The summed E-state index contributed by atoms with van der Waals surface area (Å²) in [7, 11) is 4.05. The number of hydrogen-bond acceptors (Lipinski definition) is 2. The Morgan fingerprint density at radius 1 is 1.14 bits per heavy atom. The van der Waals surface area contributed by atoms with Gasteiger partial charge in [0.1, 0.15) is 5.84 Å². The fourth-order valence-electron chi connectivity index (χ4n) is 2.40. The predicted molar refractivity (Wildman–Crippen MR) is 91.9 cm³/mol. The van der Waals surface area contributed by atoms with Gasteiger partial charge in [0.05, 0.1) is 18.9 Å². The molecule has 0 radical (unpaired) electrons. The van der Waals surface area contributed by atoms with E-state index in [1.165, 1.54) is 0 Å². The maximum Gasteiger partial charge on any atom is 0.227 e.